The van der Waals surface area contributed by atoms with Crippen LogP contribution >= 0.6 is 23.1 Å². The fraction of sp³-hybridized carbons (Fsp3) is 0.208. The molecule has 0 radical (unpaired) electrons. The summed E-state index contributed by atoms with van der Waals surface area (Å²) < 4.78 is 0. The van der Waals surface area contributed by atoms with Gasteiger partial charge in [-0.05, 0) is 48.7 Å². The van der Waals surface area contributed by atoms with Gasteiger partial charge in [-0.25, -0.2) is 9.97 Å². The maximum absolute atomic E-state index is 12.3. The lowest BCUT2D eigenvalue weighted by molar-refractivity contribution is -0.115. The van der Waals surface area contributed by atoms with E-state index < -0.39 is 0 Å². The molecule has 0 saturated carbocycles. The third kappa shape index (κ3) is 4.40. The fourth-order valence-electron chi connectivity index (χ4n) is 3.31. The average Bonchev–Trinajstić information content (AvgIpc) is 3.21. The summed E-state index contributed by atoms with van der Waals surface area (Å²) in [6.07, 6.45) is 0.973. The minimum Gasteiger partial charge on any atom is -0.274 e. The molecule has 0 saturated heterocycles. The molecule has 4 rings (SSSR count). The van der Waals surface area contributed by atoms with E-state index in [9.17, 15) is 4.79 Å². The highest BCUT2D eigenvalue weighted by molar-refractivity contribution is 7.98. The van der Waals surface area contributed by atoms with Gasteiger partial charge >= 0.3 is 0 Å². The van der Waals surface area contributed by atoms with Crippen LogP contribution in [0.15, 0.2) is 65.0 Å². The van der Waals surface area contributed by atoms with Gasteiger partial charge in [0.05, 0.1) is 21.9 Å². The first kappa shape index (κ1) is 20.6. The number of benzene rings is 2. The number of anilines is 2. The number of carbonyl (C=O) groups is 1. The van der Waals surface area contributed by atoms with E-state index >= 15 is 0 Å². The fourth-order valence-corrected chi connectivity index (χ4v) is 5.17. The molecule has 0 fully saturated rings. The van der Waals surface area contributed by atoms with Crippen molar-refractivity contribution in [3.63, 3.8) is 0 Å². The molecular weight excluding hydrogens is 410 g/mol. The number of para-hydroxylation sites is 1. The molecule has 0 atom stereocenters. The van der Waals surface area contributed by atoms with E-state index in [0.717, 1.165) is 28.3 Å². The molecule has 152 valence electrons. The highest BCUT2D eigenvalue weighted by atomic mass is 32.2. The predicted molar refractivity (Wildman–Crippen MR) is 127 cm³/mol. The monoisotopic (exact) mass is 433 g/mol. The lowest BCUT2D eigenvalue weighted by atomic mass is 10.1. The molecular formula is C24H23N3OS2. The van der Waals surface area contributed by atoms with Gasteiger partial charge in [0.25, 0.3) is 0 Å². The summed E-state index contributed by atoms with van der Waals surface area (Å²) in [6, 6.07) is 18.4. The zero-order valence-electron chi connectivity index (χ0n) is 17.3. The summed E-state index contributed by atoms with van der Waals surface area (Å²) in [5, 5.41) is 4.89. The number of nitrogens with zero attached hydrogens (tertiary/aromatic N) is 3. The van der Waals surface area contributed by atoms with Gasteiger partial charge in [-0.3, -0.25) is 9.69 Å². The summed E-state index contributed by atoms with van der Waals surface area (Å²) in [5.41, 5.74) is 5.28. The molecule has 4 aromatic rings. The van der Waals surface area contributed by atoms with Crippen molar-refractivity contribution in [2.24, 2.45) is 0 Å². The number of amides is 1. The SMILES string of the molecule is CCc1ccc(N(C(C)=O)c2nc(CSc3cc(C)c4ccccc4n3)cs2)cc1. The van der Waals surface area contributed by atoms with Crippen molar-refractivity contribution in [1.29, 1.82) is 0 Å². The van der Waals surface area contributed by atoms with Crippen LogP contribution in [-0.4, -0.2) is 15.9 Å². The molecule has 2 aromatic carbocycles. The zero-order chi connectivity index (χ0) is 21.1. The van der Waals surface area contributed by atoms with Gasteiger partial charge in [0, 0.05) is 23.4 Å². The summed E-state index contributed by atoms with van der Waals surface area (Å²) >= 11 is 3.16. The molecule has 0 spiro atoms. The van der Waals surface area contributed by atoms with Crippen LogP contribution in [0.2, 0.25) is 0 Å². The predicted octanol–water partition coefficient (Wildman–Crippen LogP) is 6.54. The van der Waals surface area contributed by atoms with Gasteiger partial charge in [0.15, 0.2) is 5.13 Å². The van der Waals surface area contributed by atoms with Crippen LogP contribution < -0.4 is 4.90 Å². The Balaban J connectivity index is 1.52. The van der Waals surface area contributed by atoms with Crippen LogP contribution in [0.3, 0.4) is 0 Å². The van der Waals surface area contributed by atoms with E-state index in [2.05, 4.69) is 38.1 Å². The lowest BCUT2D eigenvalue weighted by Crippen LogP contribution is -2.22. The molecule has 6 heteroatoms. The van der Waals surface area contributed by atoms with E-state index in [1.807, 2.05) is 35.7 Å². The van der Waals surface area contributed by atoms with Crippen molar-refractivity contribution in [1.82, 2.24) is 9.97 Å². The van der Waals surface area contributed by atoms with Crippen molar-refractivity contribution in [2.45, 2.75) is 38.0 Å². The Bertz CT molecular complexity index is 1180. The summed E-state index contributed by atoms with van der Waals surface area (Å²) in [5.74, 6) is 0.668. The third-order valence-corrected chi connectivity index (χ3v) is 6.74. The molecule has 0 unspecified atom stereocenters. The van der Waals surface area contributed by atoms with Crippen LogP contribution in [-0.2, 0) is 17.0 Å². The first-order chi connectivity index (χ1) is 14.5. The number of rotatable bonds is 6. The van der Waals surface area contributed by atoms with Gasteiger partial charge in [0.1, 0.15) is 0 Å². The van der Waals surface area contributed by atoms with Crippen LogP contribution in [0.4, 0.5) is 10.8 Å². The second-order valence-electron chi connectivity index (χ2n) is 7.08. The molecule has 0 N–H and O–H groups in total. The van der Waals surface area contributed by atoms with E-state index in [-0.39, 0.29) is 5.91 Å². The summed E-state index contributed by atoms with van der Waals surface area (Å²) in [6.45, 7) is 5.81. The largest absolute Gasteiger partial charge is 0.274 e. The zero-order valence-corrected chi connectivity index (χ0v) is 18.9. The number of thioether (sulfide) groups is 1. The molecule has 30 heavy (non-hydrogen) atoms. The Kier molecular flexibility index (Phi) is 6.16. The number of aryl methyl sites for hydroxylation is 2. The molecule has 0 bridgehead atoms. The molecule has 2 heterocycles. The van der Waals surface area contributed by atoms with E-state index in [4.69, 9.17) is 9.97 Å². The second-order valence-corrected chi connectivity index (χ2v) is 8.91. The van der Waals surface area contributed by atoms with Gasteiger partial charge in [-0.15, -0.1) is 11.3 Å². The van der Waals surface area contributed by atoms with Crippen LogP contribution in [0, 0.1) is 6.92 Å². The number of carbonyl (C=O) groups excluding carboxylic acids is 1. The maximum Gasteiger partial charge on any atom is 0.230 e. The summed E-state index contributed by atoms with van der Waals surface area (Å²) in [7, 11) is 0. The van der Waals surface area contributed by atoms with Crippen molar-refractivity contribution in [2.75, 3.05) is 4.90 Å². The maximum atomic E-state index is 12.3. The molecule has 0 aliphatic rings. The number of thiazole rings is 1. The van der Waals surface area contributed by atoms with E-state index in [1.54, 1.807) is 23.6 Å². The molecule has 1 amide bonds. The van der Waals surface area contributed by atoms with Crippen molar-refractivity contribution < 1.29 is 4.79 Å². The van der Waals surface area contributed by atoms with E-state index in [1.165, 1.54) is 27.8 Å². The molecule has 4 nitrogen and oxygen atoms in total. The molecule has 0 aliphatic heterocycles. The number of hydrogen-bond donors (Lipinski definition) is 0. The van der Waals surface area contributed by atoms with Gasteiger partial charge < -0.3 is 0 Å². The van der Waals surface area contributed by atoms with Crippen LogP contribution in [0.5, 0.6) is 0 Å². The summed E-state index contributed by atoms with van der Waals surface area (Å²) in [4.78, 5) is 23.5. The molecule has 2 aromatic heterocycles. The van der Waals surface area contributed by atoms with Gasteiger partial charge in [-0.1, -0.05) is 49.0 Å². The Morgan fingerprint density at radius 2 is 1.87 bits per heavy atom. The first-order valence-electron chi connectivity index (χ1n) is 9.88. The normalized spacial score (nSPS) is 11.0. The van der Waals surface area contributed by atoms with Crippen molar-refractivity contribution in [3.05, 3.63) is 76.8 Å². The number of hydrogen-bond acceptors (Lipinski definition) is 5. The minimum atomic E-state index is -0.0420. The van der Waals surface area contributed by atoms with Gasteiger partial charge in [0.2, 0.25) is 5.91 Å². The smallest absolute Gasteiger partial charge is 0.230 e. The number of pyridine rings is 1. The Labute approximate surface area is 185 Å². The van der Waals surface area contributed by atoms with Crippen molar-refractivity contribution in [3.8, 4) is 0 Å². The van der Waals surface area contributed by atoms with E-state index in [0.29, 0.717) is 10.9 Å². The van der Waals surface area contributed by atoms with Crippen molar-refractivity contribution >= 4 is 50.7 Å². The number of aromatic nitrogens is 2. The molecule has 0 aliphatic carbocycles. The van der Waals surface area contributed by atoms with Crippen LogP contribution in [0.1, 0.15) is 30.7 Å². The first-order valence-corrected chi connectivity index (χ1v) is 11.7. The minimum absolute atomic E-state index is 0.0420. The highest BCUT2D eigenvalue weighted by Gasteiger charge is 2.18. The quantitative estimate of drug-likeness (QED) is 0.324. The van der Waals surface area contributed by atoms with Crippen LogP contribution in [0.25, 0.3) is 10.9 Å². The van der Waals surface area contributed by atoms with Gasteiger partial charge in [-0.2, -0.15) is 0 Å². The second kappa shape index (κ2) is 8.98. The highest BCUT2D eigenvalue weighted by Crippen LogP contribution is 2.32. The Morgan fingerprint density at radius 1 is 1.10 bits per heavy atom. The standard InChI is InChI=1S/C24H23N3OS2/c1-4-18-9-11-20(12-10-18)27(17(3)28)24-25-19(15-30-24)14-29-23-13-16(2)21-7-5-6-8-22(21)26-23/h5-13,15H,4,14H2,1-3H3. The topological polar surface area (TPSA) is 46.1 Å². The third-order valence-electron chi connectivity index (χ3n) is 4.92. The lowest BCUT2D eigenvalue weighted by Gasteiger charge is -2.18. The number of fused-ring (bicyclic) bond motifs is 1. The average molecular weight is 434 g/mol. The Hall–Kier alpha value is -2.70. The Morgan fingerprint density at radius 3 is 2.60 bits per heavy atom.